The number of carbonyl (C=O) groups excluding carboxylic acids is 1. The van der Waals surface area contributed by atoms with E-state index in [4.69, 9.17) is 5.21 Å². The molecule has 0 radical (unpaired) electrons. The second-order valence-electron chi connectivity index (χ2n) is 2.43. The van der Waals surface area contributed by atoms with Gasteiger partial charge in [0.15, 0.2) is 0 Å². The zero-order chi connectivity index (χ0) is 10.0. The predicted molar refractivity (Wildman–Crippen MR) is 48.0 cm³/mol. The van der Waals surface area contributed by atoms with Crippen molar-refractivity contribution in [1.82, 2.24) is 5.06 Å². The first-order valence-electron chi connectivity index (χ1n) is 3.45. The van der Waals surface area contributed by atoms with Gasteiger partial charge in [0, 0.05) is 11.5 Å². The number of carbonyl (C=O) groups is 1. The molecule has 0 aliphatic carbocycles. The van der Waals surface area contributed by atoms with E-state index in [1.807, 2.05) is 0 Å². The SMILES string of the molecule is CN(O)C(=O)c1c(F)cccc1Br. The number of nitrogens with zero attached hydrogens (tertiary/aromatic N) is 1. The van der Waals surface area contributed by atoms with E-state index in [-0.39, 0.29) is 5.56 Å². The Bertz CT molecular complexity index is 321. The first-order chi connectivity index (χ1) is 6.04. The van der Waals surface area contributed by atoms with Crippen LogP contribution in [-0.4, -0.2) is 23.2 Å². The van der Waals surface area contributed by atoms with Gasteiger partial charge >= 0.3 is 0 Å². The van der Waals surface area contributed by atoms with Gasteiger partial charge in [0.25, 0.3) is 5.91 Å². The van der Waals surface area contributed by atoms with Gasteiger partial charge in [-0.25, -0.2) is 9.45 Å². The van der Waals surface area contributed by atoms with Crippen molar-refractivity contribution in [3.8, 4) is 0 Å². The van der Waals surface area contributed by atoms with Crippen molar-refractivity contribution in [2.75, 3.05) is 7.05 Å². The van der Waals surface area contributed by atoms with E-state index in [1.54, 1.807) is 0 Å². The van der Waals surface area contributed by atoms with Crippen LogP contribution in [0.1, 0.15) is 10.4 Å². The minimum Gasteiger partial charge on any atom is -0.286 e. The Morgan fingerprint density at radius 1 is 1.62 bits per heavy atom. The summed E-state index contributed by atoms with van der Waals surface area (Å²) in [5, 5.41) is 9.16. The van der Waals surface area contributed by atoms with Crippen LogP contribution in [-0.2, 0) is 0 Å². The van der Waals surface area contributed by atoms with Gasteiger partial charge in [-0.1, -0.05) is 6.07 Å². The summed E-state index contributed by atoms with van der Waals surface area (Å²) in [5.41, 5.74) is -0.174. The standard InChI is InChI=1S/C8H7BrFNO2/c1-11(13)8(12)7-5(9)3-2-4-6(7)10/h2-4,13H,1H3. The molecule has 1 aromatic carbocycles. The van der Waals surface area contributed by atoms with Gasteiger partial charge in [0.2, 0.25) is 0 Å². The Kier molecular flexibility index (Phi) is 3.00. The molecule has 1 aromatic rings. The molecule has 0 bridgehead atoms. The summed E-state index contributed by atoms with van der Waals surface area (Å²) in [6.07, 6.45) is 0. The summed E-state index contributed by atoms with van der Waals surface area (Å²) < 4.78 is 13.4. The van der Waals surface area contributed by atoms with Gasteiger partial charge < -0.3 is 0 Å². The van der Waals surface area contributed by atoms with Crippen molar-refractivity contribution in [3.05, 3.63) is 34.1 Å². The lowest BCUT2D eigenvalue weighted by atomic mass is 10.2. The molecule has 1 N–H and O–H groups in total. The van der Waals surface area contributed by atoms with Gasteiger partial charge in [-0.15, -0.1) is 0 Å². The minimum atomic E-state index is -0.787. The predicted octanol–water partition coefficient (Wildman–Crippen LogP) is 2.05. The van der Waals surface area contributed by atoms with Crippen molar-refractivity contribution < 1.29 is 14.4 Å². The molecule has 0 aromatic heterocycles. The van der Waals surface area contributed by atoms with Gasteiger partial charge in [0.05, 0.1) is 5.56 Å². The van der Waals surface area contributed by atoms with Gasteiger partial charge in [-0.3, -0.25) is 10.0 Å². The van der Waals surface area contributed by atoms with Crippen LogP contribution >= 0.6 is 15.9 Å². The molecule has 0 aliphatic rings. The molecule has 0 atom stereocenters. The van der Waals surface area contributed by atoms with Gasteiger partial charge in [0.1, 0.15) is 5.82 Å². The number of amides is 1. The number of halogens is 2. The van der Waals surface area contributed by atoms with Gasteiger partial charge in [-0.05, 0) is 28.1 Å². The van der Waals surface area contributed by atoms with Crippen LogP contribution in [0.5, 0.6) is 0 Å². The third-order valence-corrected chi connectivity index (χ3v) is 2.13. The van der Waals surface area contributed by atoms with Crippen molar-refractivity contribution in [2.24, 2.45) is 0 Å². The molecule has 0 aliphatic heterocycles. The highest BCUT2D eigenvalue weighted by Gasteiger charge is 2.17. The lowest BCUT2D eigenvalue weighted by molar-refractivity contribution is -0.0379. The van der Waals surface area contributed by atoms with Crippen LogP contribution in [0.15, 0.2) is 22.7 Å². The highest BCUT2D eigenvalue weighted by atomic mass is 79.9. The first-order valence-corrected chi connectivity index (χ1v) is 4.24. The fourth-order valence-electron chi connectivity index (χ4n) is 0.864. The monoisotopic (exact) mass is 247 g/mol. The summed E-state index contributed by atoms with van der Waals surface area (Å²) in [7, 11) is 1.14. The molecule has 3 nitrogen and oxygen atoms in total. The summed E-state index contributed by atoms with van der Waals surface area (Å²) in [6, 6.07) is 4.15. The average Bonchev–Trinajstić information content (AvgIpc) is 2.03. The highest BCUT2D eigenvalue weighted by Crippen LogP contribution is 2.20. The van der Waals surface area contributed by atoms with E-state index < -0.39 is 11.7 Å². The molecular formula is C8H7BrFNO2. The van der Waals surface area contributed by atoms with Crippen LogP contribution in [0.4, 0.5) is 4.39 Å². The number of hydroxylamine groups is 2. The molecule has 70 valence electrons. The summed E-state index contributed by atoms with van der Waals surface area (Å²) in [5.74, 6) is -1.45. The number of hydrogen-bond acceptors (Lipinski definition) is 2. The van der Waals surface area contributed by atoms with E-state index >= 15 is 0 Å². The Hall–Kier alpha value is -0.940. The molecule has 0 heterocycles. The quantitative estimate of drug-likeness (QED) is 0.610. The normalized spacial score (nSPS) is 9.85. The highest BCUT2D eigenvalue weighted by molar-refractivity contribution is 9.10. The Morgan fingerprint density at radius 2 is 2.23 bits per heavy atom. The topological polar surface area (TPSA) is 40.5 Å². The lowest BCUT2D eigenvalue weighted by Gasteiger charge is -2.10. The molecule has 13 heavy (non-hydrogen) atoms. The van der Waals surface area contributed by atoms with E-state index in [9.17, 15) is 9.18 Å². The number of benzene rings is 1. The van der Waals surface area contributed by atoms with E-state index in [2.05, 4.69) is 15.9 Å². The summed E-state index contributed by atoms with van der Waals surface area (Å²) in [6.45, 7) is 0. The Labute approximate surface area is 82.9 Å². The third kappa shape index (κ3) is 2.05. The second kappa shape index (κ2) is 3.85. The zero-order valence-corrected chi connectivity index (χ0v) is 8.38. The summed E-state index contributed by atoms with van der Waals surface area (Å²) in [4.78, 5) is 11.2. The average molecular weight is 248 g/mol. The largest absolute Gasteiger partial charge is 0.286 e. The maximum Gasteiger partial charge on any atom is 0.281 e. The maximum atomic E-state index is 13.1. The molecule has 5 heteroatoms. The maximum absolute atomic E-state index is 13.1. The smallest absolute Gasteiger partial charge is 0.281 e. The lowest BCUT2D eigenvalue weighted by Crippen LogP contribution is -2.23. The fourth-order valence-corrected chi connectivity index (χ4v) is 1.38. The molecular weight excluding hydrogens is 241 g/mol. The van der Waals surface area contributed by atoms with Crippen molar-refractivity contribution >= 4 is 21.8 Å². The van der Waals surface area contributed by atoms with E-state index in [0.717, 1.165) is 13.1 Å². The third-order valence-electron chi connectivity index (χ3n) is 1.47. The van der Waals surface area contributed by atoms with Crippen LogP contribution in [0.3, 0.4) is 0 Å². The molecule has 1 rings (SSSR count). The molecule has 0 saturated heterocycles. The molecule has 0 unspecified atom stereocenters. The first kappa shape index (κ1) is 10.1. The van der Waals surface area contributed by atoms with Crippen molar-refractivity contribution in [2.45, 2.75) is 0 Å². The van der Waals surface area contributed by atoms with E-state index in [0.29, 0.717) is 9.54 Å². The Balaban J connectivity index is 3.20. The molecule has 0 saturated carbocycles. The minimum absolute atomic E-state index is 0.174. The van der Waals surface area contributed by atoms with Crippen molar-refractivity contribution in [3.63, 3.8) is 0 Å². The van der Waals surface area contributed by atoms with Crippen LogP contribution in [0, 0.1) is 5.82 Å². The van der Waals surface area contributed by atoms with Gasteiger partial charge in [-0.2, -0.15) is 0 Å². The molecule has 1 amide bonds. The molecule has 0 spiro atoms. The van der Waals surface area contributed by atoms with Crippen molar-refractivity contribution in [1.29, 1.82) is 0 Å². The Morgan fingerprint density at radius 3 is 2.69 bits per heavy atom. The number of hydrogen-bond donors (Lipinski definition) is 1. The van der Waals surface area contributed by atoms with Crippen LogP contribution in [0.2, 0.25) is 0 Å². The second-order valence-corrected chi connectivity index (χ2v) is 3.28. The number of rotatable bonds is 1. The fraction of sp³-hybridized carbons (Fsp3) is 0.125. The van der Waals surface area contributed by atoms with Crippen LogP contribution < -0.4 is 0 Å². The molecule has 0 fully saturated rings. The summed E-state index contributed by atoms with van der Waals surface area (Å²) >= 11 is 3.02. The van der Waals surface area contributed by atoms with Crippen LogP contribution in [0.25, 0.3) is 0 Å². The zero-order valence-electron chi connectivity index (χ0n) is 6.79. The van der Waals surface area contributed by atoms with E-state index in [1.165, 1.54) is 12.1 Å².